The van der Waals surface area contributed by atoms with Crippen LogP contribution in [0.2, 0.25) is 0 Å². The summed E-state index contributed by atoms with van der Waals surface area (Å²) < 4.78 is 5.38. The summed E-state index contributed by atoms with van der Waals surface area (Å²) in [5.74, 6) is -0.551. The Hall–Kier alpha value is -4.53. The summed E-state index contributed by atoms with van der Waals surface area (Å²) in [4.78, 5) is 50.5. The molecule has 5 rings (SSSR count). The van der Waals surface area contributed by atoms with Crippen molar-refractivity contribution in [3.05, 3.63) is 89.6 Å². The molecule has 1 aliphatic carbocycles. The molecule has 212 valence electrons. The third-order valence-corrected chi connectivity index (χ3v) is 7.76. The summed E-state index contributed by atoms with van der Waals surface area (Å²) in [6.45, 7) is 1.90. The Morgan fingerprint density at radius 3 is 2.51 bits per heavy atom. The smallest absolute Gasteiger partial charge is 0.409 e. The largest absolute Gasteiger partial charge is 0.445 e. The SMILES string of the molecule is CC(C(=O)N(C)c1ccccn1)c1cccc2c1NC(=O)C(NC(=O)OCc1ccccc1)N=C2C1CCCCC1. The van der Waals surface area contributed by atoms with Crippen LogP contribution in [0.5, 0.6) is 0 Å². The maximum Gasteiger partial charge on any atom is 0.409 e. The van der Waals surface area contributed by atoms with E-state index >= 15 is 0 Å². The number of benzodiazepines with no additional fused rings is 1. The number of pyridine rings is 1. The molecule has 9 nitrogen and oxygen atoms in total. The van der Waals surface area contributed by atoms with E-state index < -0.39 is 24.1 Å². The standard InChI is InChI=1S/C32H35N5O4/c1-21(31(39)37(2)26-18-9-10-19-33-26)24-16-11-17-25-27(23-14-7-4-8-15-23)34-29(30(38)35-28(24)25)36-32(40)41-20-22-12-5-3-6-13-22/h3,5-6,9-13,16-19,21,23,29H,4,7-8,14-15,20H2,1-2H3,(H,35,38)(H,36,40). The number of amides is 3. The van der Waals surface area contributed by atoms with E-state index in [1.165, 1.54) is 4.90 Å². The van der Waals surface area contributed by atoms with E-state index in [9.17, 15) is 14.4 Å². The number of anilines is 2. The van der Waals surface area contributed by atoms with Gasteiger partial charge in [-0.05, 0) is 43.0 Å². The van der Waals surface area contributed by atoms with Crippen LogP contribution in [0, 0.1) is 5.92 Å². The van der Waals surface area contributed by atoms with Gasteiger partial charge in [0.15, 0.2) is 0 Å². The van der Waals surface area contributed by atoms with Crippen molar-refractivity contribution in [1.82, 2.24) is 10.3 Å². The normalized spacial score (nSPS) is 17.8. The molecule has 0 bridgehead atoms. The molecule has 2 aromatic carbocycles. The third kappa shape index (κ3) is 6.45. The Morgan fingerprint density at radius 2 is 1.78 bits per heavy atom. The van der Waals surface area contributed by atoms with Crippen LogP contribution in [0.15, 0.2) is 77.9 Å². The molecule has 1 saturated carbocycles. The molecule has 3 aromatic rings. The van der Waals surface area contributed by atoms with Gasteiger partial charge in [-0.3, -0.25) is 24.8 Å². The van der Waals surface area contributed by atoms with Gasteiger partial charge < -0.3 is 10.1 Å². The third-order valence-electron chi connectivity index (χ3n) is 7.76. The van der Waals surface area contributed by atoms with Crippen LogP contribution in [0.25, 0.3) is 0 Å². The minimum Gasteiger partial charge on any atom is -0.445 e. The number of hydrogen-bond acceptors (Lipinski definition) is 6. The number of likely N-dealkylation sites (N-methyl/N-ethyl adjacent to an activating group) is 1. The second-order valence-corrected chi connectivity index (χ2v) is 10.5. The van der Waals surface area contributed by atoms with Gasteiger partial charge in [0.25, 0.3) is 5.91 Å². The highest BCUT2D eigenvalue weighted by atomic mass is 16.5. The molecule has 0 spiro atoms. The molecule has 2 N–H and O–H groups in total. The van der Waals surface area contributed by atoms with Crippen LogP contribution in [0.4, 0.5) is 16.3 Å². The average molecular weight is 554 g/mol. The first-order valence-corrected chi connectivity index (χ1v) is 14.1. The minimum atomic E-state index is -1.17. The highest BCUT2D eigenvalue weighted by Gasteiger charge is 2.34. The number of alkyl carbamates (subject to hydrolysis) is 1. The number of rotatable bonds is 7. The van der Waals surface area contributed by atoms with Crippen molar-refractivity contribution in [3.8, 4) is 0 Å². The number of nitrogens with one attached hydrogen (secondary N) is 2. The molecular formula is C32H35N5O4. The van der Waals surface area contributed by atoms with Crippen LogP contribution >= 0.6 is 0 Å². The zero-order valence-electron chi connectivity index (χ0n) is 23.4. The number of hydrogen-bond donors (Lipinski definition) is 2. The quantitative estimate of drug-likeness (QED) is 0.406. The molecule has 41 heavy (non-hydrogen) atoms. The predicted octanol–water partition coefficient (Wildman–Crippen LogP) is 5.42. The van der Waals surface area contributed by atoms with E-state index in [1.807, 2.05) is 61.5 Å². The molecule has 2 unspecified atom stereocenters. The summed E-state index contributed by atoms with van der Waals surface area (Å²) in [5, 5.41) is 5.64. The molecule has 1 fully saturated rings. The molecule has 2 heterocycles. The van der Waals surface area contributed by atoms with Crippen LogP contribution in [0.1, 0.15) is 61.6 Å². The molecule has 0 radical (unpaired) electrons. The molecule has 1 aliphatic heterocycles. The van der Waals surface area contributed by atoms with Crippen molar-refractivity contribution in [2.45, 2.75) is 57.7 Å². The van der Waals surface area contributed by atoms with Crippen molar-refractivity contribution in [1.29, 1.82) is 0 Å². The Labute approximate surface area is 240 Å². The topological polar surface area (TPSA) is 113 Å². The first-order chi connectivity index (χ1) is 19.9. The van der Waals surface area contributed by atoms with Gasteiger partial charge in [-0.15, -0.1) is 0 Å². The second kappa shape index (κ2) is 12.8. The van der Waals surface area contributed by atoms with Crippen LogP contribution in [-0.2, 0) is 20.9 Å². The number of nitrogens with zero attached hydrogens (tertiary/aromatic N) is 3. The maximum absolute atomic E-state index is 13.5. The lowest BCUT2D eigenvalue weighted by Crippen LogP contribution is -2.43. The van der Waals surface area contributed by atoms with E-state index in [0.717, 1.165) is 48.9 Å². The summed E-state index contributed by atoms with van der Waals surface area (Å²) in [6, 6.07) is 20.4. The molecular weight excluding hydrogens is 518 g/mol. The summed E-state index contributed by atoms with van der Waals surface area (Å²) in [7, 11) is 1.69. The molecule has 2 atom stereocenters. The highest BCUT2D eigenvalue weighted by molar-refractivity contribution is 6.14. The molecule has 3 amide bonds. The number of aliphatic imine (C=N–C) groups is 1. The molecule has 1 aromatic heterocycles. The average Bonchev–Trinajstić information content (AvgIpc) is 3.16. The van der Waals surface area contributed by atoms with Crippen LogP contribution in [0.3, 0.4) is 0 Å². The van der Waals surface area contributed by atoms with Crippen LogP contribution < -0.4 is 15.5 Å². The Balaban J connectivity index is 1.43. The number of fused-ring (bicyclic) bond motifs is 1. The minimum absolute atomic E-state index is 0.0774. The zero-order chi connectivity index (χ0) is 28.8. The van der Waals surface area contributed by atoms with Gasteiger partial charge in [-0.1, -0.05) is 73.9 Å². The fourth-order valence-electron chi connectivity index (χ4n) is 5.51. The fraction of sp³-hybridized carbons (Fsp3) is 0.344. The van der Waals surface area contributed by atoms with E-state index in [2.05, 4.69) is 15.6 Å². The predicted molar refractivity (Wildman–Crippen MR) is 158 cm³/mol. The van der Waals surface area contributed by atoms with Crippen molar-refractivity contribution in [2.75, 3.05) is 17.3 Å². The Bertz CT molecular complexity index is 1420. The fourth-order valence-corrected chi connectivity index (χ4v) is 5.51. The van der Waals surface area contributed by atoms with Gasteiger partial charge in [-0.25, -0.2) is 9.78 Å². The summed E-state index contributed by atoms with van der Waals surface area (Å²) in [5.41, 5.74) is 3.63. The number of ether oxygens (including phenoxy) is 1. The lowest BCUT2D eigenvalue weighted by molar-refractivity contribution is -0.119. The number of benzene rings is 2. The molecule has 2 aliphatic rings. The molecule has 9 heteroatoms. The lowest BCUT2D eigenvalue weighted by Gasteiger charge is -2.26. The van der Waals surface area contributed by atoms with Gasteiger partial charge in [0.2, 0.25) is 12.1 Å². The summed E-state index contributed by atoms with van der Waals surface area (Å²) >= 11 is 0. The molecule has 0 saturated heterocycles. The second-order valence-electron chi connectivity index (χ2n) is 10.5. The zero-order valence-corrected chi connectivity index (χ0v) is 23.4. The summed E-state index contributed by atoms with van der Waals surface area (Å²) in [6.07, 6.45) is 4.93. The van der Waals surface area contributed by atoms with E-state index in [0.29, 0.717) is 17.1 Å². The highest BCUT2D eigenvalue weighted by Crippen LogP contribution is 2.36. The van der Waals surface area contributed by atoms with Gasteiger partial charge >= 0.3 is 6.09 Å². The van der Waals surface area contributed by atoms with Crippen molar-refractivity contribution in [2.24, 2.45) is 10.9 Å². The van der Waals surface area contributed by atoms with Crippen LogP contribution in [-0.4, -0.2) is 41.8 Å². The number of carbonyl (C=O) groups is 3. The number of aromatic nitrogens is 1. The number of carbonyl (C=O) groups excluding carboxylic acids is 3. The van der Waals surface area contributed by atoms with E-state index in [-0.39, 0.29) is 18.4 Å². The van der Waals surface area contributed by atoms with Crippen molar-refractivity contribution in [3.63, 3.8) is 0 Å². The van der Waals surface area contributed by atoms with E-state index in [1.54, 1.807) is 25.4 Å². The Kier molecular flexibility index (Phi) is 8.72. The maximum atomic E-state index is 13.5. The number of para-hydroxylation sites is 1. The van der Waals surface area contributed by atoms with Gasteiger partial charge in [0.1, 0.15) is 12.4 Å². The van der Waals surface area contributed by atoms with Crippen molar-refractivity contribution >= 4 is 35.1 Å². The Morgan fingerprint density at radius 1 is 1.02 bits per heavy atom. The lowest BCUT2D eigenvalue weighted by atomic mass is 9.81. The first kappa shape index (κ1) is 28.0. The van der Waals surface area contributed by atoms with Gasteiger partial charge in [-0.2, -0.15) is 0 Å². The van der Waals surface area contributed by atoms with E-state index in [4.69, 9.17) is 9.73 Å². The van der Waals surface area contributed by atoms with Gasteiger partial charge in [0.05, 0.1) is 17.3 Å². The first-order valence-electron chi connectivity index (χ1n) is 14.1. The van der Waals surface area contributed by atoms with Gasteiger partial charge in [0, 0.05) is 24.7 Å². The monoisotopic (exact) mass is 553 g/mol. The van der Waals surface area contributed by atoms with Crippen molar-refractivity contribution < 1.29 is 19.1 Å².